The van der Waals surface area contributed by atoms with Crippen molar-refractivity contribution in [2.75, 3.05) is 5.32 Å². The Labute approximate surface area is 256 Å². The van der Waals surface area contributed by atoms with Crippen LogP contribution < -0.4 is 10.1 Å². The van der Waals surface area contributed by atoms with E-state index >= 15 is 0 Å². The lowest BCUT2D eigenvalue weighted by Crippen LogP contribution is -2.03. The topological polar surface area (TPSA) is 69.0 Å². The molecule has 1 aliphatic rings. The fourth-order valence-electron chi connectivity index (χ4n) is 5.67. The van der Waals surface area contributed by atoms with Crippen LogP contribution in [-0.2, 0) is 17.9 Å². The Kier molecular flexibility index (Phi) is 7.54. The van der Waals surface area contributed by atoms with E-state index in [1.165, 1.54) is 11.1 Å². The monoisotopic (exact) mass is 574 g/mol. The highest BCUT2D eigenvalue weighted by atomic mass is 16.5. The minimum Gasteiger partial charge on any atom is -0.487 e. The van der Waals surface area contributed by atoms with Gasteiger partial charge in [0, 0.05) is 22.7 Å². The molecule has 1 amide bonds. The van der Waals surface area contributed by atoms with E-state index in [9.17, 15) is 4.79 Å². The first-order valence-corrected chi connectivity index (χ1v) is 14.6. The molecule has 1 aliphatic heterocycles. The Balaban J connectivity index is 1.12. The second kappa shape index (κ2) is 12.2. The van der Waals surface area contributed by atoms with E-state index in [0.717, 1.165) is 33.6 Å². The number of hydrogen-bond acceptors (Lipinski definition) is 4. The molecule has 1 N–H and O–H groups in total. The van der Waals surface area contributed by atoms with Crippen LogP contribution in [0.2, 0.25) is 0 Å². The van der Waals surface area contributed by atoms with Gasteiger partial charge in [-0.1, -0.05) is 114 Å². The molecular weight excluding hydrogens is 544 g/mol. The number of amides is 1. The molecule has 2 heterocycles. The van der Waals surface area contributed by atoms with E-state index in [-0.39, 0.29) is 11.8 Å². The van der Waals surface area contributed by atoms with Gasteiger partial charge >= 0.3 is 0 Å². The average molecular weight is 575 g/mol. The molecular formula is C38H30N4O2. The minimum absolute atomic E-state index is 0.0436. The van der Waals surface area contributed by atoms with Gasteiger partial charge in [-0.25, -0.2) is 4.68 Å². The molecule has 6 nitrogen and oxygen atoms in total. The highest BCUT2D eigenvalue weighted by molar-refractivity contribution is 6.35. The molecule has 5 aromatic carbocycles. The summed E-state index contributed by atoms with van der Waals surface area (Å²) in [5.41, 5.74) is 8.64. The number of anilines is 1. The quantitative estimate of drug-likeness (QED) is 0.143. The fourth-order valence-corrected chi connectivity index (χ4v) is 5.67. The second-order valence-corrected chi connectivity index (χ2v) is 10.8. The Hall–Kier alpha value is -5.75. The zero-order valence-electron chi connectivity index (χ0n) is 24.0. The Bertz CT molecular complexity index is 1890. The molecule has 0 radical (unpaired) electrons. The van der Waals surface area contributed by atoms with E-state index in [0.29, 0.717) is 24.5 Å². The van der Waals surface area contributed by atoms with Gasteiger partial charge in [-0.05, 0) is 58.2 Å². The number of nitrogens with one attached hydrogen (secondary N) is 1. The van der Waals surface area contributed by atoms with Gasteiger partial charge in [-0.15, -0.1) is 5.10 Å². The Morgan fingerprint density at radius 1 is 0.750 bits per heavy atom. The van der Waals surface area contributed by atoms with Crippen molar-refractivity contribution in [2.24, 2.45) is 0 Å². The van der Waals surface area contributed by atoms with Crippen LogP contribution in [0.5, 0.6) is 5.75 Å². The molecule has 0 saturated carbocycles. The van der Waals surface area contributed by atoms with Crippen LogP contribution in [0.15, 0.2) is 140 Å². The van der Waals surface area contributed by atoms with Gasteiger partial charge in [0.15, 0.2) is 0 Å². The molecule has 7 rings (SSSR count). The lowest BCUT2D eigenvalue weighted by Gasteiger charge is -2.19. The summed E-state index contributed by atoms with van der Waals surface area (Å²) in [6.45, 7) is 0.946. The molecule has 0 spiro atoms. The normalized spacial score (nSPS) is 13.2. The first kappa shape index (κ1) is 27.1. The largest absolute Gasteiger partial charge is 0.487 e. The van der Waals surface area contributed by atoms with Crippen molar-refractivity contribution in [1.29, 1.82) is 0 Å². The third kappa shape index (κ3) is 5.92. The van der Waals surface area contributed by atoms with Gasteiger partial charge in [-0.2, -0.15) is 0 Å². The Morgan fingerprint density at radius 2 is 1.45 bits per heavy atom. The van der Waals surface area contributed by atoms with E-state index in [1.807, 2.05) is 72.9 Å². The molecule has 6 heteroatoms. The third-order valence-electron chi connectivity index (χ3n) is 7.76. The summed E-state index contributed by atoms with van der Waals surface area (Å²) in [5, 5.41) is 11.5. The number of carbonyl (C=O) groups is 1. The standard InChI is InChI=1S/C38H30N4O2/c43-38-35(22-28-13-10-18-33(21-28)44-26-32-25-42(41-40-32)24-27-11-4-1-5-12-27)34-23-31(19-20-36(34)39-38)37(29-14-6-2-7-15-29)30-16-8-3-9-17-30/h1-23,25,37H,24,26H2,(H,39,43)/b35-22-. The highest BCUT2D eigenvalue weighted by Gasteiger charge is 2.26. The molecule has 214 valence electrons. The van der Waals surface area contributed by atoms with Gasteiger partial charge in [0.05, 0.1) is 12.7 Å². The van der Waals surface area contributed by atoms with E-state index in [2.05, 4.69) is 88.4 Å². The summed E-state index contributed by atoms with van der Waals surface area (Å²) in [7, 11) is 0. The van der Waals surface area contributed by atoms with Crippen molar-refractivity contribution in [3.05, 3.63) is 179 Å². The lowest BCUT2D eigenvalue weighted by molar-refractivity contribution is -0.110. The van der Waals surface area contributed by atoms with Gasteiger partial charge in [0.25, 0.3) is 5.91 Å². The van der Waals surface area contributed by atoms with Crippen molar-refractivity contribution in [3.8, 4) is 5.75 Å². The predicted octanol–water partition coefficient (Wildman–Crippen LogP) is 7.58. The molecule has 0 saturated heterocycles. The molecule has 0 bridgehead atoms. The summed E-state index contributed by atoms with van der Waals surface area (Å²) in [5.74, 6) is 0.620. The van der Waals surface area contributed by atoms with Crippen molar-refractivity contribution in [3.63, 3.8) is 0 Å². The number of ether oxygens (including phenoxy) is 1. The second-order valence-electron chi connectivity index (χ2n) is 10.8. The van der Waals surface area contributed by atoms with E-state index in [4.69, 9.17) is 4.74 Å². The van der Waals surface area contributed by atoms with Gasteiger partial charge < -0.3 is 10.1 Å². The maximum atomic E-state index is 13.2. The molecule has 6 aromatic rings. The van der Waals surface area contributed by atoms with Crippen molar-refractivity contribution < 1.29 is 9.53 Å². The molecule has 0 aliphatic carbocycles. The van der Waals surface area contributed by atoms with E-state index < -0.39 is 0 Å². The first-order valence-electron chi connectivity index (χ1n) is 14.6. The number of carbonyl (C=O) groups excluding carboxylic acids is 1. The number of hydrogen-bond donors (Lipinski definition) is 1. The van der Waals surface area contributed by atoms with Crippen LogP contribution in [-0.4, -0.2) is 20.9 Å². The van der Waals surface area contributed by atoms with Crippen LogP contribution in [0.4, 0.5) is 5.69 Å². The zero-order valence-corrected chi connectivity index (χ0v) is 24.0. The van der Waals surface area contributed by atoms with Gasteiger partial charge in [0.1, 0.15) is 18.1 Å². The summed E-state index contributed by atoms with van der Waals surface area (Å²) < 4.78 is 7.86. The van der Waals surface area contributed by atoms with Crippen molar-refractivity contribution in [2.45, 2.75) is 19.1 Å². The first-order chi connectivity index (χ1) is 21.7. The number of aromatic nitrogens is 3. The number of nitrogens with zero attached hydrogens (tertiary/aromatic N) is 3. The maximum absolute atomic E-state index is 13.2. The summed E-state index contributed by atoms with van der Waals surface area (Å²) >= 11 is 0. The van der Waals surface area contributed by atoms with Crippen LogP contribution in [0, 0.1) is 0 Å². The van der Waals surface area contributed by atoms with Gasteiger partial charge in [0.2, 0.25) is 0 Å². The molecule has 44 heavy (non-hydrogen) atoms. The zero-order chi connectivity index (χ0) is 29.7. The summed E-state index contributed by atoms with van der Waals surface area (Å²) in [6.07, 6.45) is 3.82. The highest BCUT2D eigenvalue weighted by Crippen LogP contribution is 2.39. The summed E-state index contributed by atoms with van der Waals surface area (Å²) in [4.78, 5) is 13.2. The predicted molar refractivity (Wildman–Crippen MR) is 173 cm³/mol. The number of fused-ring (bicyclic) bond motifs is 1. The van der Waals surface area contributed by atoms with Crippen LogP contribution in [0.3, 0.4) is 0 Å². The molecule has 1 aromatic heterocycles. The smallest absolute Gasteiger partial charge is 0.256 e. The lowest BCUT2D eigenvalue weighted by atomic mass is 9.84. The molecule has 0 fully saturated rings. The third-order valence-corrected chi connectivity index (χ3v) is 7.76. The van der Waals surface area contributed by atoms with Crippen molar-refractivity contribution >= 4 is 23.2 Å². The maximum Gasteiger partial charge on any atom is 0.256 e. The Morgan fingerprint density at radius 3 is 2.18 bits per heavy atom. The fraction of sp³-hybridized carbons (Fsp3) is 0.0789. The van der Waals surface area contributed by atoms with Gasteiger partial charge in [-0.3, -0.25) is 4.79 Å². The van der Waals surface area contributed by atoms with Crippen LogP contribution in [0.25, 0.3) is 11.6 Å². The van der Waals surface area contributed by atoms with Crippen LogP contribution >= 0.6 is 0 Å². The average Bonchev–Trinajstić information content (AvgIpc) is 3.65. The van der Waals surface area contributed by atoms with Crippen LogP contribution in [0.1, 0.15) is 45.0 Å². The minimum atomic E-state index is -0.116. The number of benzene rings is 5. The molecule has 0 unspecified atom stereocenters. The SMILES string of the molecule is O=C1Nc2ccc(C(c3ccccc3)c3ccccc3)cc2/C1=C/c1cccc(OCc2cn(Cc3ccccc3)nn2)c1. The summed E-state index contributed by atoms with van der Waals surface area (Å²) in [6, 6.07) is 45.1. The number of rotatable bonds is 9. The molecule has 0 atom stereocenters. The van der Waals surface area contributed by atoms with E-state index in [1.54, 1.807) is 4.68 Å². The van der Waals surface area contributed by atoms with Crippen molar-refractivity contribution in [1.82, 2.24) is 15.0 Å².